The molecule has 2 aromatic heterocycles. The maximum atomic E-state index is 13.1. The highest BCUT2D eigenvalue weighted by atomic mass is 16.5. The van der Waals surface area contributed by atoms with Crippen LogP contribution >= 0.6 is 0 Å². The van der Waals surface area contributed by atoms with Crippen LogP contribution in [0.25, 0.3) is 11.5 Å². The first-order chi connectivity index (χ1) is 15.6. The minimum Gasteiger partial charge on any atom is -0.496 e. The molecule has 4 rings (SSSR count). The number of hydrogen-bond donors (Lipinski definition) is 2. The molecule has 0 radical (unpaired) electrons. The second kappa shape index (κ2) is 9.70. The summed E-state index contributed by atoms with van der Waals surface area (Å²) < 4.78 is 5.33. The molecule has 32 heavy (non-hydrogen) atoms. The van der Waals surface area contributed by atoms with E-state index < -0.39 is 6.04 Å². The molecular weight excluding hydrogens is 404 g/mol. The summed E-state index contributed by atoms with van der Waals surface area (Å²) in [6.07, 6.45) is 1.97. The van der Waals surface area contributed by atoms with E-state index in [1.54, 1.807) is 36.5 Å². The van der Waals surface area contributed by atoms with E-state index in [4.69, 9.17) is 4.74 Å². The molecule has 1 amide bonds. The van der Waals surface area contributed by atoms with Crippen LogP contribution < -0.4 is 15.6 Å². The Kier molecular flexibility index (Phi) is 6.36. The molecule has 0 saturated carbocycles. The summed E-state index contributed by atoms with van der Waals surface area (Å²) in [6, 6.07) is 23.1. The number of hydrogen-bond acceptors (Lipinski definition) is 5. The summed E-state index contributed by atoms with van der Waals surface area (Å²) >= 11 is 0. The monoisotopic (exact) mass is 426 g/mol. The molecule has 0 saturated heterocycles. The number of methoxy groups -OCH3 is 1. The van der Waals surface area contributed by atoms with Crippen LogP contribution in [0.15, 0.2) is 89.9 Å². The SMILES string of the molecule is COc1ccccc1C(=O)NC(Cc1cc(=O)[nH]c(-c2ccccn2)n1)c1ccccc1. The van der Waals surface area contributed by atoms with Crippen molar-refractivity contribution in [2.45, 2.75) is 12.5 Å². The van der Waals surface area contributed by atoms with Gasteiger partial charge in [-0.15, -0.1) is 0 Å². The van der Waals surface area contributed by atoms with Crippen molar-refractivity contribution in [3.05, 3.63) is 112 Å². The van der Waals surface area contributed by atoms with Gasteiger partial charge in [-0.2, -0.15) is 0 Å². The minimum absolute atomic E-state index is 0.272. The van der Waals surface area contributed by atoms with Crippen LogP contribution in [0, 0.1) is 0 Å². The molecular formula is C25H22N4O3. The number of rotatable bonds is 7. The van der Waals surface area contributed by atoms with E-state index in [2.05, 4.69) is 20.3 Å². The third-order valence-corrected chi connectivity index (χ3v) is 4.97. The Morgan fingerprint density at radius 1 is 1.03 bits per heavy atom. The van der Waals surface area contributed by atoms with Gasteiger partial charge in [-0.1, -0.05) is 48.5 Å². The summed E-state index contributed by atoms with van der Waals surface area (Å²) in [5.41, 5.74) is 2.17. The number of aromatic nitrogens is 3. The molecule has 0 aliphatic carbocycles. The van der Waals surface area contributed by atoms with Crippen molar-refractivity contribution < 1.29 is 9.53 Å². The van der Waals surface area contributed by atoms with E-state index in [0.29, 0.717) is 34.9 Å². The minimum atomic E-state index is -0.403. The first-order valence-electron chi connectivity index (χ1n) is 10.1. The molecule has 2 N–H and O–H groups in total. The molecule has 1 unspecified atom stereocenters. The first kappa shape index (κ1) is 21.0. The standard InChI is InChI=1S/C25H22N4O3/c1-32-22-13-6-5-11-19(22)25(31)28-21(17-9-3-2-4-10-17)15-18-16-23(30)29-24(27-18)20-12-7-8-14-26-20/h2-14,16,21H,15H2,1H3,(H,28,31)(H,27,29,30). The summed E-state index contributed by atoms with van der Waals surface area (Å²) in [6.45, 7) is 0. The number of carbonyl (C=O) groups is 1. The Labute approximate surface area is 185 Å². The lowest BCUT2D eigenvalue weighted by Crippen LogP contribution is -2.31. The van der Waals surface area contributed by atoms with Crippen LogP contribution in [-0.2, 0) is 6.42 Å². The Morgan fingerprint density at radius 3 is 2.53 bits per heavy atom. The second-order valence-corrected chi connectivity index (χ2v) is 7.14. The Hall–Kier alpha value is -4.26. The highest BCUT2D eigenvalue weighted by molar-refractivity contribution is 5.97. The third-order valence-electron chi connectivity index (χ3n) is 4.97. The number of H-pyrrole nitrogens is 1. The zero-order valence-corrected chi connectivity index (χ0v) is 17.5. The fourth-order valence-electron chi connectivity index (χ4n) is 3.45. The van der Waals surface area contributed by atoms with Gasteiger partial charge in [-0.3, -0.25) is 14.6 Å². The number of para-hydroxylation sites is 1. The molecule has 0 spiro atoms. The number of aromatic amines is 1. The van der Waals surface area contributed by atoms with Gasteiger partial charge in [-0.05, 0) is 29.8 Å². The number of amides is 1. The van der Waals surface area contributed by atoms with Gasteiger partial charge >= 0.3 is 0 Å². The normalized spacial score (nSPS) is 11.5. The predicted molar refractivity (Wildman–Crippen MR) is 121 cm³/mol. The molecule has 0 aliphatic heterocycles. The van der Waals surface area contributed by atoms with Crippen molar-refractivity contribution in [3.63, 3.8) is 0 Å². The lowest BCUT2D eigenvalue weighted by Gasteiger charge is -2.20. The smallest absolute Gasteiger partial charge is 0.255 e. The van der Waals surface area contributed by atoms with Crippen molar-refractivity contribution in [2.24, 2.45) is 0 Å². The van der Waals surface area contributed by atoms with E-state index in [0.717, 1.165) is 5.56 Å². The van der Waals surface area contributed by atoms with Crippen molar-refractivity contribution in [3.8, 4) is 17.3 Å². The molecule has 7 heteroatoms. The van der Waals surface area contributed by atoms with E-state index >= 15 is 0 Å². The molecule has 1 atom stereocenters. The van der Waals surface area contributed by atoms with Crippen LogP contribution in [-0.4, -0.2) is 28.0 Å². The molecule has 4 aromatic rings. The van der Waals surface area contributed by atoms with E-state index in [9.17, 15) is 9.59 Å². The van der Waals surface area contributed by atoms with Crippen molar-refractivity contribution >= 4 is 5.91 Å². The zero-order chi connectivity index (χ0) is 22.3. The highest BCUT2D eigenvalue weighted by Crippen LogP contribution is 2.22. The van der Waals surface area contributed by atoms with Gasteiger partial charge in [0.2, 0.25) is 0 Å². The van der Waals surface area contributed by atoms with Crippen LogP contribution in [0.3, 0.4) is 0 Å². The van der Waals surface area contributed by atoms with Crippen LogP contribution in [0.1, 0.15) is 27.7 Å². The zero-order valence-electron chi connectivity index (χ0n) is 17.5. The fourth-order valence-corrected chi connectivity index (χ4v) is 3.45. The number of nitrogens with one attached hydrogen (secondary N) is 2. The molecule has 0 bridgehead atoms. The Morgan fingerprint density at radius 2 is 1.78 bits per heavy atom. The number of carbonyl (C=O) groups excluding carboxylic acids is 1. The van der Waals surface area contributed by atoms with Crippen LogP contribution in [0.5, 0.6) is 5.75 Å². The Balaban J connectivity index is 1.66. The third kappa shape index (κ3) is 4.89. The summed E-state index contributed by atoms with van der Waals surface area (Å²) in [7, 11) is 1.53. The second-order valence-electron chi connectivity index (χ2n) is 7.14. The number of ether oxygens (including phenoxy) is 1. The van der Waals surface area contributed by atoms with Gasteiger partial charge in [-0.25, -0.2) is 4.98 Å². The number of nitrogens with zero attached hydrogens (tertiary/aromatic N) is 2. The lowest BCUT2D eigenvalue weighted by molar-refractivity contribution is 0.0933. The lowest BCUT2D eigenvalue weighted by atomic mass is 10.0. The number of benzene rings is 2. The maximum Gasteiger partial charge on any atom is 0.255 e. The number of pyridine rings is 1. The van der Waals surface area contributed by atoms with E-state index in [1.165, 1.54) is 13.2 Å². The average molecular weight is 426 g/mol. The van der Waals surface area contributed by atoms with Crippen LogP contribution in [0.2, 0.25) is 0 Å². The van der Waals surface area contributed by atoms with Gasteiger partial charge in [0.15, 0.2) is 5.82 Å². The summed E-state index contributed by atoms with van der Waals surface area (Å²) in [5.74, 6) is 0.602. The molecule has 7 nitrogen and oxygen atoms in total. The molecule has 2 aromatic carbocycles. The summed E-state index contributed by atoms with van der Waals surface area (Å²) in [4.78, 5) is 36.9. The molecule has 160 valence electrons. The quantitative estimate of drug-likeness (QED) is 0.471. The van der Waals surface area contributed by atoms with Crippen molar-refractivity contribution in [1.82, 2.24) is 20.3 Å². The van der Waals surface area contributed by atoms with Gasteiger partial charge in [0, 0.05) is 18.7 Å². The van der Waals surface area contributed by atoms with Gasteiger partial charge < -0.3 is 15.0 Å². The largest absolute Gasteiger partial charge is 0.496 e. The maximum absolute atomic E-state index is 13.1. The highest BCUT2D eigenvalue weighted by Gasteiger charge is 2.20. The first-order valence-corrected chi connectivity index (χ1v) is 10.1. The van der Waals surface area contributed by atoms with Crippen LogP contribution in [0.4, 0.5) is 0 Å². The Bertz CT molecular complexity index is 1260. The summed E-state index contributed by atoms with van der Waals surface area (Å²) in [5, 5.41) is 3.06. The van der Waals surface area contributed by atoms with E-state index in [-0.39, 0.29) is 11.5 Å². The van der Waals surface area contributed by atoms with Gasteiger partial charge in [0.05, 0.1) is 24.4 Å². The fraction of sp³-hybridized carbons (Fsp3) is 0.120. The molecule has 0 aliphatic rings. The molecule has 2 heterocycles. The van der Waals surface area contributed by atoms with Crippen molar-refractivity contribution in [2.75, 3.05) is 7.11 Å². The predicted octanol–water partition coefficient (Wildman–Crippen LogP) is 3.55. The average Bonchev–Trinajstić information content (AvgIpc) is 2.84. The van der Waals surface area contributed by atoms with Crippen molar-refractivity contribution in [1.29, 1.82) is 0 Å². The van der Waals surface area contributed by atoms with E-state index in [1.807, 2.05) is 42.5 Å². The topological polar surface area (TPSA) is 97.0 Å². The molecule has 0 fully saturated rings. The van der Waals surface area contributed by atoms with Gasteiger partial charge in [0.25, 0.3) is 11.5 Å². The van der Waals surface area contributed by atoms with Gasteiger partial charge in [0.1, 0.15) is 11.4 Å².